The summed E-state index contributed by atoms with van der Waals surface area (Å²) < 4.78 is 12.6. The Morgan fingerprint density at radius 2 is 1.03 bits per heavy atom. The molecule has 0 spiro atoms. The van der Waals surface area contributed by atoms with E-state index >= 15 is 0 Å². The summed E-state index contributed by atoms with van der Waals surface area (Å²) in [7, 11) is 0. The van der Waals surface area contributed by atoms with Crippen LogP contribution in [0.1, 0.15) is 37.8 Å². The average Bonchev–Trinajstić information content (AvgIpc) is 2.86. The summed E-state index contributed by atoms with van der Waals surface area (Å²) >= 11 is 0. The minimum Gasteiger partial charge on any atom is -0.396 e. The van der Waals surface area contributed by atoms with E-state index in [1.807, 2.05) is 72.8 Å². The van der Waals surface area contributed by atoms with Crippen LogP contribution >= 0.6 is 0 Å². The second-order valence-electron chi connectivity index (χ2n) is 10.1. The summed E-state index contributed by atoms with van der Waals surface area (Å²) in [4.78, 5) is 0. The third kappa shape index (κ3) is 4.07. The maximum absolute atomic E-state index is 10.9. The Kier molecular flexibility index (Phi) is 8.53. The predicted molar refractivity (Wildman–Crippen MR) is 137 cm³/mol. The summed E-state index contributed by atoms with van der Waals surface area (Å²) in [6.45, 7) is 14.0. The van der Waals surface area contributed by atoms with Gasteiger partial charge in [0.15, 0.2) is 0 Å². The third-order valence-electron chi connectivity index (χ3n) is 8.78. The number of benzene rings is 2. The second-order valence-corrected chi connectivity index (χ2v) is 10.1. The van der Waals surface area contributed by atoms with Crippen LogP contribution in [0.4, 0.5) is 0 Å². The number of ether oxygens (including phenoxy) is 2. The number of rotatable bonds is 14. The largest absolute Gasteiger partial charge is 0.396 e. The third-order valence-corrected chi connectivity index (χ3v) is 8.78. The van der Waals surface area contributed by atoms with Gasteiger partial charge in [-0.2, -0.15) is 0 Å². The van der Waals surface area contributed by atoms with Gasteiger partial charge in [0, 0.05) is 21.7 Å². The first-order valence-corrected chi connectivity index (χ1v) is 12.1. The molecule has 1 saturated carbocycles. The van der Waals surface area contributed by atoms with E-state index in [1.54, 1.807) is 0 Å². The Balaban J connectivity index is 1.93. The van der Waals surface area contributed by atoms with Crippen LogP contribution in [0.2, 0.25) is 0 Å². The van der Waals surface area contributed by atoms with Gasteiger partial charge in [0.05, 0.1) is 39.6 Å². The molecule has 34 heavy (non-hydrogen) atoms. The molecule has 1 fully saturated rings. The molecule has 0 bridgehead atoms. The molecule has 1 aliphatic rings. The fourth-order valence-corrected chi connectivity index (χ4v) is 6.65. The normalized spacial score (nSPS) is 30.5. The van der Waals surface area contributed by atoms with E-state index in [0.717, 1.165) is 11.1 Å². The Morgan fingerprint density at radius 1 is 0.676 bits per heavy atom. The van der Waals surface area contributed by atoms with E-state index in [9.17, 15) is 10.2 Å². The van der Waals surface area contributed by atoms with Crippen LogP contribution < -0.4 is 0 Å². The van der Waals surface area contributed by atoms with Gasteiger partial charge in [0.2, 0.25) is 0 Å². The van der Waals surface area contributed by atoms with E-state index in [1.165, 1.54) is 0 Å². The summed E-state index contributed by atoms with van der Waals surface area (Å²) in [6.07, 6.45) is 4.84. The van der Waals surface area contributed by atoms with Gasteiger partial charge in [-0.15, -0.1) is 13.2 Å². The first-order chi connectivity index (χ1) is 16.4. The van der Waals surface area contributed by atoms with Crippen molar-refractivity contribution in [2.24, 2.45) is 21.7 Å². The molecule has 1 aliphatic carbocycles. The lowest BCUT2D eigenvalue weighted by Crippen LogP contribution is -2.81. The van der Waals surface area contributed by atoms with Crippen LogP contribution in [-0.4, -0.2) is 36.6 Å². The Morgan fingerprint density at radius 3 is 1.32 bits per heavy atom. The molecule has 0 saturated heterocycles. The van der Waals surface area contributed by atoms with Crippen molar-refractivity contribution in [3.8, 4) is 0 Å². The zero-order chi connectivity index (χ0) is 24.7. The highest BCUT2D eigenvalue weighted by molar-refractivity contribution is 5.30. The number of allylic oxidation sites excluding steroid dienone is 2. The maximum atomic E-state index is 10.9. The Hall–Kier alpha value is -2.24. The number of hydrogen-bond donors (Lipinski definition) is 2. The summed E-state index contributed by atoms with van der Waals surface area (Å²) in [5.74, 6) is 0. The first-order valence-electron chi connectivity index (χ1n) is 12.1. The molecule has 4 heteroatoms. The minimum absolute atomic E-state index is 0.0765. The lowest BCUT2D eigenvalue weighted by molar-refractivity contribution is -0.375. The molecule has 0 amide bonds. The molecular formula is C30H40O4. The van der Waals surface area contributed by atoms with Crippen molar-refractivity contribution in [3.63, 3.8) is 0 Å². The van der Waals surface area contributed by atoms with Gasteiger partial charge in [-0.05, 0) is 24.0 Å². The quantitative estimate of drug-likeness (QED) is 0.360. The van der Waals surface area contributed by atoms with Gasteiger partial charge in [0.25, 0.3) is 0 Å². The maximum Gasteiger partial charge on any atom is 0.0717 e. The van der Waals surface area contributed by atoms with Gasteiger partial charge >= 0.3 is 0 Å². The molecule has 2 aromatic rings. The standard InChI is InChI=1S/C30H40O4/c1-5-17-29(21-31)27(3,23-33-19-25-13-9-7-10-14-25)28(4,30(29,22-32)18-6-2)24-34-20-26-15-11-8-12-16-26/h5-16,31-32H,1-2,17-24H2,3-4H3/t27-,28+,29-,30+. The molecular weight excluding hydrogens is 424 g/mol. The van der Waals surface area contributed by atoms with Crippen LogP contribution in [0.15, 0.2) is 86.0 Å². The minimum atomic E-state index is -0.619. The van der Waals surface area contributed by atoms with Gasteiger partial charge in [0.1, 0.15) is 0 Å². The average molecular weight is 465 g/mol. The first kappa shape index (κ1) is 26.4. The Labute approximate surface area is 204 Å². The predicted octanol–water partition coefficient (Wildman–Crippen LogP) is 5.56. The van der Waals surface area contributed by atoms with E-state index in [4.69, 9.17) is 9.47 Å². The highest BCUT2D eigenvalue weighted by Gasteiger charge is 2.81. The molecule has 0 aromatic heterocycles. The number of aliphatic hydroxyl groups excluding tert-OH is 2. The van der Waals surface area contributed by atoms with Crippen molar-refractivity contribution in [2.75, 3.05) is 26.4 Å². The van der Waals surface area contributed by atoms with E-state index in [-0.39, 0.29) is 13.2 Å². The zero-order valence-electron chi connectivity index (χ0n) is 20.7. The zero-order valence-corrected chi connectivity index (χ0v) is 20.7. The van der Waals surface area contributed by atoms with E-state index < -0.39 is 21.7 Å². The monoisotopic (exact) mass is 464 g/mol. The molecule has 0 heterocycles. The number of aliphatic hydroxyl groups is 2. The number of hydrogen-bond acceptors (Lipinski definition) is 4. The molecule has 0 unspecified atom stereocenters. The second kappa shape index (κ2) is 11.0. The van der Waals surface area contributed by atoms with Crippen LogP contribution in [0.5, 0.6) is 0 Å². The molecule has 0 radical (unpaired) electrons. The lowest BCUT2D eigenvalue weighted by Gasteiger charge is -2.80. The molecule has 4 nitrogen and oxygen atoms in total. The van der Waals surface area contributed by atoms with Crippen LogP contribution in [-0.2, 0) is 22.7 Å². The van der Waals surface area contributed by atoms with Crippen molar-refractivity contribution >= 4 is 0 Å². The summed E-state index contributed by atoms with van der Waals surface area (Å²) in [6, 6.07) is 20.2. The smallest absolute Gasteiger partial charge is 0.0717 e. The topological polar surface area (TPSA) is 58.9 Å². The fourth-order valence-electron chi connectivity index (χ4n) is 6.65. The van der Waals surface area contributed by atoms with E-state index in [0.29, 0.717) is 39.3 Å². The molecule has 184 valence electrons. The van der Waals surface area contributed by atoms with Gasteiger partial charge in [-0.3, -0.25) is 0 Å². The van der Waals surface area contributed by atoms with Crippen molar-refractivity contribution in [1.29, 1.82) is 0 Å². The molecule has 0 aliphatic heterocycles. The summed E-state index contributed by atoms with van der Waals surface area (Å²) in [5, 5.41) is 21.7. The van der Waals surface area contributed by atoms with Crippen LogP contribution in [0.25, 0.3) is 0 Å². The lowest BCUT2D eigenvalue weighted by atomic mass is 9.24. The molecule has 3 rings (SSSR count). The molecule has 4 atom stereocenters. The molecule has 2 aromatic carbocycles. The van der Waals surface area contributed by atoms with Crippen molar-refractivity contribution in [1.82, 2.24) is 0 Å². The fraction of sp³-hybridized carbons (Fsp3) is 0.467. The summed E-state index contributed by atoms with van der Waals surface area (Å²) in [5.41, 5.74) is 0.0225. The van der Waals surface area contributed by atoms with Crippen molar-refractivity contribution < 1.29 is 19.7 Å². The van der Waals surface area contributed by atoms with Crippen LogP contribution in [0.3, 0.4) is 0 Å². The SMILES string of the molecule is C=CC[C@]1(CO)[C@@](C)(COCc2ccccc2)[C@@](C)(COCc2ccccc2)[C@]1(CO)CC=C. The van der Waals surface area contributed by atoms with Gasteiger partial charge < -0.3 is 19.7 Å². The van der Waals surface area contributed by atoms with E-state index in [2.05, 4.69) is 27.0 Å². The van der Waals surface area contributed by atoms with Crippen LogP contribution in [0, 0.1) is 21.7 Å². The van der Waals surface area contributed by atoms with Gasteiger partial charge in [-0.25, -0.2) is 0 Å². The van der Waals surface area contributed by atoms with Crippen molar-refractivity contribution in [3.05, 3.63) is 97.1 Å². The Bertz CT molecular complexity index is 852. The highest BCUT2D eigenvalue weighted by atomic mass is 16.5. The molecule has 2 N–H and O–H groups in total. The van der Waals surface area contributed by atoms with Gasteiger partial charge in [-0.1, -0.05) is 86.7 Å². The highest BCUT2D eigenvalue weighted by Crippen LogP contribution is 2.80. The van der Waals surface area contributed by atoms with Crippen molar-refractivity contribution in [2.45, 2.75) is 39.9 Å².